The first kappa shape index (κ1) is 30.5. The molecule has 2 aliphatic rings. The topological polar surface area (TPSA) is 135 Å². The minimum Gasteiger partial charge on any atom is -0.484 e. The van der Waals surface area contributed by atoms with E-state index in [4.69, 9.17) is 9.47 Å². The zero-order valence-corrected chi connectivity index (χ0v) is 26.6. The minimum atomic E-state index is -0.769. The van der Waals surface area contributed by atoms with Crippen molar-refractivity contribution in [1.82, 2.24) is 4.98 Å². The van der Waals surface area contributed by atoms with Crippen LogP contribution in [0, 0.1) is 5.92 Å². The second-order valence-corrected chi connectivity index (χ2v) is 13.1. The van der Waals surface area contributed by atoms with Crippen molar-refractivity contribution in [2.45, 2.75) is 23.1 Å². The number of thioether (sulfide) groups is 1. The van der Waals surface area contributed by atoms with E-state index in [1.165, 1.54) is 23.9 Å². The molecule has 2 N–H and O–H groups in total. The molecule has 0 radical (unpaired) electrons. The van der Waals surface area contributed by atoms with Gasteiger partial charge in [-0.25, -0.2) is 9.69 Å². The Balaban J connectivity index is 1.10. The van der Waals surface area contributed by atoms with Crippen LogP contribution in [0.15, 0.2) is 101 Å². The summed E-state index contributed by atoms with van der Waals surface area (Å²) in [5, 5.41) is 4.65. The van der Waals surface area contributed by atoms with Gasteiger partial charge in [0.1, 0.15) is 11.0 Å². The van der Waals surface area contributed by atoms with Crippen LogP contribution >= 0.6 is 23.1 Å². The predicted octanol–water partition coefficient (Wildman–Crippen LogP) is 5.58. The Morgan fingerprint density at radius 3 is 2.40 bits per heavy atom. The van der Waals surface area contributed by atoms with Gasteiger partial charge < -0.3 is 19.8 Å². The number of fused-ring (bicyclic) bond motifs is 3. The average Bonchev–Trinajstić information content (AvgIpc) is 3.58. The molecule has 4 aromatic carbocycles. The first-order valence-corrected chi connectivity index (χ1v) is 16.6. The Kier molecular flexibility index (Phi) is 8.12. The number of ether oxygens (including phenoxy) is 2. The molecule has 7 rings (SSSR count). The Bertz CT molecular complexity index is 2080. The van der Waals surface area contributed by atoms with Gasteiger partial charge >= 0.3 is 10.8 Å². The highest BCUT2D eigenvalue weighted by Gasteiger charge is 2.56. The number of benzene rings is 4. The number of rotatable bonds is 8. The van der Waals surface area contributed by atoms with E-state index < -0.39 is 34.9 Å². The van der Waals surface area contributed by atoms with Crippen LogP contribution in [0.5, 0.6) is 5.75 Å². The van der Waals surface area contributed by atoms with E-state index in [0.29, 0.717) is 32.6 Å². The molecule has 10 nitrogen and oxygen atoms in total. The summed E-state index contributed by atoms with van der Waals surface area (Å²) in [5.74, 6) is -2.48. The van der Waals surface area contributed by atoms with Crippen molar-refractivity contribution in [2.24, 2.45) is 5.92 Å². The van der Waals surface area contributed by atoms with E-state index in [2.05, 4.69) is 10.3 Å². The fraction of sp³-hybridized carbons (Fsp3) is 0.171. The van der Waals surface area contributed by atoms with E-state index >= 15 is 0 Å². The maximum absolute atomic E-state index is 14.0. The molecule has 236 valence electrons. The molecule has 2 aliphatic heterocycles. The van der Waals surface area contributed by atoms with Crippen molar-refractivity contribution >= 4 is 68.9 Å². The van der Waals surface area contributed by atoms with Gasteiger partial charge in [-0.05, 0) is 60.3 Å². The summed E-state index contributed by atoms with van der Waals surface area (Å²) in [7, 11) is 0. The highest BCUT2D eigenvalue weighted by Crippen LogP contribution is 2.53. The molecule has 3 heterocycles. The fourth-order valence-electron chi connectivity index (χ4n) is 6.03. The standard InChI is InChI=1S/C35H27N3O7S2/c1-2-44-34(42)21-10-14-22(15-11-21)38-32(40)28-27(29-31(37-35(43)47-29)46-30(28)33(38)41)20-12-16-23(17-13-20)45-18-26(39)36-25-9-5-7-19-6-3-4-8-24(19)25/h3-17,27-28,30H,2,18H2,1H3,(H,36,39)(H,37,43). The van der Waals surface area contributed by atoms with Gasteiger partial charge in [-0.2, -0.15) is 0 Å². The third kappa shape index (κ3) is 5.70. The van der Waals surface area contributed by atoms with Crippen LogP contribution in [0.25, 0.3) is 10.8 Å². The van der Waals surface area contributed by atoms with E-state index in [9.17, 15) is 24.0 Å². The fourth-order valence-corrected chi connectivity index (χ4v) is 8.55. The zero-order chi connectivity index (χ0) is 32.7. The number of aromatic nitrogens is 1. The van der Waals surface area contributed by atoms with Crippen molar-refractivity contribution in [3.05, 3.63) is 117 Å². The monoisotopic (exact) mass is 665 g/mol. The molecule has 3 amide bonds. The largest absolute Gasteiger partial charge is 0.484 e. The number of anilines is 2. The third-order valence-electron chi connectivity index (χ3n) is 8.13. The predicted molar refractivity (Wildman–Crippen MR) is 179 cm³/mol. The lowest BCUT2D eigenvalue weighted by Gasteiger charge is -2.29. The molecule has 3 atom stereocenters. The van der Waals surface area contributed by atoms with Gasteiger partial charge in [-0.3, -0.25) is 19.2 Å². The smallest absolute Gasteiger partial charge is 0.338 e. The highest BCUT2D eigenvalue weighted by molar-refractivity contribution is 8.00. The van der Waals surface area contributed by atoms with Crippen molar-refractivity contribution < 1.29 is 28.7 Å². The summed E-state index contributed by atoms with van der Waals surface area (Å²) in [4.78, 5) is 69.4. The summed E-state index contributed by atoms with van der Waals surface area (Å²) < 4.78 is 10.8. The number of hydrogen-bond acceptors (Lipinski definition) is 9. The number of esters is 1. The number of nitrogens with zero attached hydrogens (tertiary/aromatic N) is 1. The van der Waals surface area contributed by atoms with Crippen molar-refractivity contribution in [3.63, 3.8) is 0 Å². The molecule has 5 aromatic rings. The Labute approximate surface area is 276 Å². The molecule has 0 bridgehead atoms. The number of carbonyl (C=O) groups is 4. The minimum absolute atomic E-state index is 0.214. The number of carbonyl (C=O) groups excluding carboxylic acids is 4. The molecule has 0 aliphatic carbocycles. The lowest BCUT2D eigenvalue weighted by atomic mass is 9.83. The first-order chi connectivity index (χ1) is 22.8. The highest BCUT2D eigenvalue weighted by atomic mass is 32.2. The molecule has 12 heteroatoms. The van der Waals surface area contributed by atoms with Gasteiger partial charge in [0.15, 0.2) is 6.61 Å². The molecule has 47 heavy (non-hydrogen) atoms. The molecule has 0 spiro atoms. The van der Waals surface area contributed by atoms with Crippen LogP contribution in [-0.4, -0.2) is 47.1 Å². The number of imide groups is 1. The van der Waals surface area contributed by atoms with E-state index in [-0.39, 0.29) is 24.0 Å². The van der Waals surface area contributed by atoms with Crippen LogP contribution in [0.4, 0.5) is 11.4 Å². The second-order valence-electron chi connectivity index (χ2n) is 11.0. The average molecular weight is 666 g/mol. The second kappa shape index (κ2) is 12.5. The summed E-state index contributed by atoms with van der Waals surface area (Å²) in [6.07, 6.45) is 0. The van der Waals surface area contributed by atoms with Gasteiger partial charge in [0.2, 0.25) is 11.8 Å². The maximum Gasteiger partial charge on any atom is 0.338 e. The van der Waals surface area contributed by atoms with Crippen molar-refractivity contribution in [3.8, 4) is 5.75 Å². The lowest BCUT2D eigenvalue weighted by Crippen LogP contribution is -2.32. The van der Waals surface area contributed by atoms with Crippen molar-refractivity contribution in [1.29, 1.82) is 0 Å². The maximum atomic E-state index is 14.0. The number of amides is 3. The summed E-state index contributed by atoms with van der Waals surface area (Å²) in [6, 6.07) is 26.6. The summed E-state index contributed by atoms with van der Waals surface area (Å²) in [5.41, 5.74) is 2.08. The van der Waals surface area contributed by atoms with E-state index in [1.54, 1.807) is 43.3 Å². The van der Waals surface area contributed by atoms with Gasteiger partial charge in [0.05, 0.1) is 28.8 Å². The quantitative estimate of drug-likeness (QED) is 0.162. The number of H-pyrrole nitrogens is 1. The SMILES string of the molecule is CCOC(=O)c1ccc(N2C(=O)C3Sc4[nH]c(=O)sc4C(c4ccc(OCC(=O)Nc5cccc6ccccc56)cc4)C3C2=O)cc1. The molecular formula is C35H27N3O7S2. The third-order valence-corrected chi connectivity index (χ3v) is 10.5. The molecular weight excluding hydrogens is 639 g/mol. The van der Waals surface area contributed by atoms with Crippen LogP contribution in [0.3, 0.4) is 0 Å². The van der Waals surface area contributed by atoms with Crippen LogP contribution < -0.4 is 19.8 Å². The Morgan fingerprint density at radius 2 is 1.64 bits per heavy atom. The number of nitrogens with one attached hydrogen (secondary N) is 2. The van der Waals surface area contributed by atoms with Gasteiger partial charge in [-0.15, -0.1) is 0 Å². The van der Waals surface area contributed by atoms with Crippen LogP contribution in [0.2, 0.25) is 0 Å². The summed E-state index contributed by atoms with van der Waals surface area (Å²) in [6.45, 7) is 1.73. The number of hydrogen-bond donors (Lipinski definition) is 2. The van der Waals surface area contributed by atoms with Gasteiger partial charge in [0.25, 0.3) is 5.91 Å². The van der Waals surface area contributed by atoms with Gasteiger partial charge in [-0.1, -0.05) is 71.6 Å². The Morgan fingerprint density at radius 1 is 0.894 bits per heavy atom. The normalized spacial score (nSPS) is 18.5. The van der Waals surface area contributed by atoms with Gasteiger partial charge in [0, 0.05) is 21.9 Å². The zero-order valence-electron chi connectivity index (χ0n) is 24.9. The first-order valence-electron chi connectivity index (χ1n) is 14.9. The molecule has 3 unspecified atom stereocenters. The van der Waals surface area contributed by atoms with Crippen LogP contribution in [0.1, 0.15) is 33.6 Å². The molecule has 1 aromatic heterocycles. The van der Waals surface area contributed by atoms with E-state index in [0.717, 1.165) is 32.6 Å². The van der Waals surface area contributed by atoms with Crippen LogP contribution in [-0.2, 0) is 19.1 Å². The molecule has 1 fully saturated rings. The molecule has 0 saturated carbocycles. The number of thiazole rings is 1. The lowest BCUT2D eigenvalue weighted by molar-refractivity contribution is -0.122. The molecule has 1 saturated heterocycles. The number of aromatic amines is 1. The summed E-state index contributed by atoms with van der Waals surface area (Å²) >= 11 is 2.21. The van der Waals surface area contributed by atoms with E-state index in [1.807, 2.05) is 42.5 Å². The Hall–Kier alpha value is -5.20. The van der Waals surface area contributed by atoms with Crippen molar-refractivity contribution in [2.75, 3.05) is 23.4 Å².